The molecule has 116 valence electrons. The molecule has 0 fully saturated rings. The molecule has 0 radical (unpaired) electrons. The van der Waals surface area contributed by atoms with Crippen molar-refractivity contribution in [2.24, 2.45) is 0 Å². The van der Waals surface area contributed by atoms with Crippen LogP contribution in [0.15, 0.2) is 30.6 Å². The number of anilines is 3. The Balaban J connectivity index is 2.40. The third-order valence-electron chi connectivity index (χ3n) is 2.61. The zero-order valence-electron chi connectivity index (χ0n) is 12.4. The highest BCUT2D eigenvalue weighted by Gasteiger charge is 2.25. The minimum absolute atomic E-state index is 0.160. The molecule has 1 aromatic heterocycles. The molecular weight excluding hydrogens is 397 g/mol. The summed E-state index contributed by atoms with van der Waals surface area (Å²) in [5.41, 5.74) is 0.207. The normalized spacial score (nSPS) is 11.1. The van der Waals surface area contributed by atoms with Crippen molar-refractivity contribution in [2.75, 3.05) is 10.6 Å². The summed E-state index contributed by atoms with van der Waals surface area (Å²) in [5, 5.41) is 17.4. The van der Waals surface area contributed by atoms with Crippen molar-refractivity contribution in [2.45, 2.75) is 26.3 Å². The molecule has 2 aromatic rings. The van der Waals surface area contributed by atoms with Gasteiger partial charge < -0.3 is 10.6 Å². The molecule has 0 saturated heterocycles. The van der Waals surface area contributed by atoms with Gasteiger partial charge in [0.2, 0.25) is 11.6 Å². The van der Waals surface area contributed by atoms with Gasteiger partial charge in [0.25, 0.3) is 0 Å². The highest BCUT2D eigenvalue weighted by atomic mass is 127. The Morgan fingerprint density at radius 3 is 2.27 bits per heavy atom. The molecular formula is C14H16IN5O2. The first-order valence-electron chi connectivity index (χ1n) is 6.56. The van der Waals surface area contributed by atoms with Gasteiger partial charge in [-0.15, -0.1) is 0 Å². The van der Waals surface area contributed by atoms with Crippen LogP contribution in [0.3, 0.4) is 0 Å². The van der Waals surface area contributed by atoms with E-state index in [-0.39, 0.29) is 22.9 Å². The minimum atomic E-state index is -0.483. The number of halogens is 1. The van der Waals surface area contributed by atoms with E-state index in [1.807, 2.05) is 45.0 Å². The van der Waals surface area contributed by atoms with E-state index in [1.54, 1.807) is 0 Å². The molecule has 2 N–H and O–H groups in total. The van der Waals surface area contributed by atoms with Crippen LogP contribution in [0.2, 0.25) is 0 Å². The van der Waals surface area contributed by atoms with Gasteiger partial charge in [-0.1, -0.05) is 0 Å². The second-order valence-corrected chi connectivity index (χ2v) is 6.93. The molecule has 0 aliphatic rings. The molecule has 22 heavy (non-hydrogen) atoms. The van der Waals surface area contributed by atoms with Crippen LogP contribution in [0.5, 0.6) is 0 Å². The van der Waals surface area contributed by atoms with Crippen molar-refractivity contribution >= 4 is 45.6 Å². The zero-order valence-corrected chi connectivity index (χ0v) is 14.6. The quantitative estimate of drug-likeness (QED) is 0.448. The summed E-state index contributed by atoms with van der Waals surface area (Å²) in [6.07, 6.45) is 1.30. The Bertz CT molecular complexity index is 683. The van der Waals surface area contributed by atoms with Gasteiger partial charge in [0.05, 0.1) is 4.92 Å². The summed E-state index contributed by atoms with van der Waals surface area (Å²) < 4.78 is 1.08. The first-order valence-corrected chi connectivity index (χ1v) is 7.64. The number of hydrogen-bond acceptors (Lipinski definition) is 6. The fourth-order valence-corrected chi connectivity index (χ4v) is 2.12. The van der Waals surface area contributed by atoms with Crippen molar-refractivity contribution < 1.29 is 4.92 Å². The molecule has 0 aliphatic heterocycles. The van der Waals surface area contributed by atoms with Gasteiger partial charge in [0, 0.05) is 14.8 Å². The van der Waals surface area contributed by atoms with E-state index in [2.05, 4.69) is 43.2 Å². The lowest BCUT2D eigenvalue weighted by atomic mass is 10.1. The first-order chi connectivity index (χ1) is 10.3. The Morgan fingerprint density at radius 2 is 1.73 bits per heavy atom. The standard InChI is InChI=1S/C14H16IN5O2/c1-14(2,3)19-13-11(20(21)22)12(16-8-17-13)18-10-6-4-9(15)5-7-10/h4-8H,1-3H3,(H2,16,17,18,19). The number of nitrogens with one attached hydrogen (secondary N) is 2. The molecule has 0 spiro atoms. The molecule has 0 atom stereocenters. The summed E-state index contributed by atoms with van der Waals surface area (Å²) in [6.45, 7) is 5.72. The van der Waals surface area contributed by atoms with Crippen LogP contribution >= 0.6 is 22.6 Å². The largest absolute Gasteiger partial charge is 0.360 e. The molecule has 8 heteroatoms. The topological polar surface area (TPSA) is 93.0 Å². The third-order valence-corrected chi connectivity index (χ3v) is 3.32. The van der Waals surface area contributed by atoms with Crippen molar-refractivity contribution in [3.63, 3.8) is 0 Å². The average Bonchev–Trinajstić information content (AvgIpc) is 2.39. The molecule has 2 rings (SSSR count). The Hall–Kier alpha value is -1.97. The molecule has 1 heterocycles. The predicted octanol–water partition coefficient (Wildman–Crippen LogP) is 3.94. The van der Waals surface area contributed by atoms with E-state index in [1.165, 1.54) is 6.33 Å². The lowest BCUT2D eigenvalue weighted by Crippen LogP contribution is -2.27. The summed E-state index contributed by atoms with van der Waals surface area (Å²) in [7, 11) is 0. The van der Waals surface area contributed by atoms with Gasteiger partial charge >= 0.3 is 5.69 Å². The number of hydrogen-bond donors (Lipinski definition) is 2. The van der Waals surface area contributed by atoms with Crippen molar-refractivity contribution in [1.29, 1.82) is 0 Å². The molecule has 0 saturated carbocycles. The Kier molecular flexibility index (Phi) is 4.79. The van der Waals surface area contributed by atoms with Crippen molar-refractivity contribution in [3.8, 4) is 0 Å². The van der Waals surface area contributed by atoms with Gasteiger partial charge in [-0.3, -0.25) is 10.1 Å². The number of rotatable bonds is 4. The van der Waals surface area contributed by atoms with Gasteiger partial charge in [-0.25, -0.2) is 9.97 Å². The van der Waals surface area contributed by atoms with Crippen LogP contribution in [-0.4, -0.2) is 20.4 Å². The Morgan fingerprint density at radius 1 is 1.14 bits per heavy atom. The fourth-order valence-electron chi connectivity index (χ4n) is 1.76. The van der Waals surface area contributed by atoms with Crippen molar-refractivity contribution in [3.05, 3.63) is 44.3 Å². The van der Waals surface area contributed by atoms with Crippen LogP contribution in [-0.2, 0) is 0 Å². The second-order valence-electron chi connectivity index (χ2n) is 5.68. The molecule has 0 amide bonds. The number of nitrogens with zero attached hydrogens (tertiary/aromatic N) is 3. The lowest BCUT2D eigenvalue weighted by Gasteiger charge is -2.21. The molecule has 7 nitrogen and oxygen atoms in total. The number of nitro groups is 1. The Labute approximate surface area is 141 Å². The SMILES string of the molecule is CC(C)(C)Nc1ncnc(Nc2ccc(I)cc2)c1[N+](=O)[O-]. The minimum Gasteiger partial charge on any atom is -0.360 e. The van der Waals surface area contributed by atoms with Crippen LogP contribution in [0, 0.1) is 13.7 Å². The molecule has 1 aromatic carbocycles. The second kappa shape index (κ2) is 6.42. The fraction of sp³-hybridized carbons (Fsp3) is 0.286. The van der Waals surface area contributed by atoms with E-state index in [0.717, 1.165) is 9.26 Å². The molecule has 0 aliphatic carbocycles. The summed E-state index contributed by atoms with van der Waals surface area (Å²) in [4.78, 5) is 18.9. The highest BCUT2D eigenvalue weighted by Crippen LogP contribution is 2.32. The average molecular weight is 413 g/mol. The smallest absolute Gasteiger partial charge is 0.353 e. The van der Waals surface area contributed by atoms with Crippen LogP contribution in [0.1, 0.15) is 20.8 Å². The number of benzene rings is 1. The van der Waals surface area contributed by atoms with E-state index < -0.39 is 4.92 Å². The lowest BCUT2D eigenvalue weighted by molar-refractivity contribution is -0.383. The predicted molar refractivity (Wildman–Crippen MR) is 94.5 cm³/mol. The number of aromatic nitrogens is 2. The van der Waals surface area contributed by atoms with Crippen LogP contribution in [0.25, 0.3) is 0 Å². The zero-order chi connectivity index (χ0) is 16.3. The van der Waals surface area contributed by atoms with E-state index in [0.29, 0.717) is 0 Å². The van der Waals surface area contributed by atoms with E-state index >= 15 is 0 Å². The maximum Gasteiger partial charge on any atom is 0.353 e. The van der Waals surface area contributed by atoms with Gasteiger partial charge in [0.15, 0.2) is 0 Å². The van der Waals surface area contributed by atoms with Gasteiger partial charge in [-0.2, -0.15) is 0 Å². The monoisotopic (exact) mass is 413 g/mol. The molecule has 0 bridgehead atoms. The summed E-state index contributed by atoms with van der Waals surface area (Å²) in [6, 6.07) is 7.49. The van der Waals surface area contributed by atoms with E-state index in [9.17, 15) is 10.1 Å². The maximum atomic E-state index is 11.4. The van der Waals surface area contributed by atoms with Gasteiger partial charge in [0.1, 0.15) is 6.33 Å². The maximum absolute atomic E-state index is 11.4. The van der Waals surface area contributed by atoms with Gasteiger partial charge in [-0.05, 0) is 67.6 Å². The third kappa shape index (κ3) is 4.26. The van der Waals surface area contributed by atoms with Crippen LogP contribution < -0.4 is 10.6 Å². The first kappa shape index (κ1) is 16.4. The van der Waals surface area contributed by atoms with Crippen LogP contribution in [0.4, 0.5) is 23.0 Å². The summed E-state index contributed by atoms with van der Waals surface area (Å²) in [5.74, 6) is 0.355. The summed E-state index contributed by atoms with van der Waals surface area (Å²) >= 11 is 2.19. The van der Waals surface area contributed by atoms with Crippen molar-refractivity contribution in [1.82, 2.24) is 9.97 Å². The highest BCUT2D eigenvalue weighted by molar-refractivity contribution is 14.1. The molecule has 0 unspecified atom stereocenters. The van der Waals surface area contributed by atoms with E-state index in [4.69, 9.17) is 0 Å².